The summed E-state index contributed by atoms with van der Waals surface area (Å²) in [5, 5.41) is 3.24. The Bertz CT molecular complexity index is 907. The second-order valence-electron chi connectivity index (χ2n) is 6.85. The lowest BCUT2D eigenvalue weighted by Gasteiger charge is -2.24. The summed E-state index contributed by atoms with van der Waals surface area (Å²) in [6.45, 7) is 3.58. The van der Waals surface area contributed by atoms with Crippen LogP contribution in [0, 0.1) is 6.92 Å². The van der Waals surface area contributed by atoms with E-state index in [1.54, 1.807) is 31.0 Å². The average Bonchev–Trinajstić information content (AvgIpc) is 3.21. The standard InChI is InChI=1S/C20H25N3O3S/c1-15-8-9-17(20(24)23(2)18-10-11-21-14-18)12-19(15)27(25,26)22-13-16-6-4-3-5-7-16/h3-9,12,18,21-22H,10-11,13-14H2,1-2H3. The number of likely N-dealkylation sites (N-methyl/N-ethyl adjacent to an activating group) is 1. The van der Waals surface area contributed by atoms with Gasteiger partial charge in [-0.2, -0.15) is 0 Å². The quantitative estimate of drug-likeness (QED) is 0.794. The predicted molar refractivity (Wildman–Crippen MR) is 105 cm³/mol. The summed E-state index contributed by atoms with van der Waals surface area (Å²) in [4.78, 5) is 14.6. The lowest BCUT2D eigenvalue weighted by molar-refractivity contribution is 0.0743. The fraction of sp³-hybridized carbons (Fsp3) is 0.350. The number of nitrogens with zero attached hydrogens (tertiary/aromatic N) is 1. The topological polar surface area (TPSA) is 78.5 Å². The average molecular weight is 388 g/mol. The molecule has 144 valence electrons. The lowest BCUT2D eigenvalue weighted by atomic mass is 10.1. The van der Waals surface area contributed by atoms with Crippen LogP contribution in [-0.2, 0) is 16.6 Å². The third kappa shape index (κ3) is 4.55. The molecule has 1 aliphatic rings. The van der Waals surface area contributed by atoms with Crippen molar-refractivity contribution in [3.63, 3.8) is 0 Å². The molecular formula is C20H25N3O3S. The minimum atomic E-state index is -3.72. The van der Waals surface area contributed by atoms with Gasteiger partial charge in [0.15, 0.2) is 0 Å². The molecule has 0 aromatic heterocycles. The Hall–Kier alpha value is -2.22. The van der Waals surface area contributed by atoms with Crippen molar-refractivity contribution in [2.24, 2.45) is 0 Å². The Morgan fingerprint density at radius 2 is 1.96 bits per heavy atom. The molecule has 1 saturated heterocycles. The molecule has 2 N–H and O–H groups in total. The van der Waals surface area contributed by atoms with Gasteiger partial charge in [0.05, 0.1) is 4.90 Å². The zero-order chi connectivity index (χ0) is 19.4. The number of hydrogen-bond donors (Lipinski definition) is 2. The Morgan fingerprint density at radius 3 is 2.63 bits per heavy atom. The highest BCUT2D eigenvalue weighted by Crippen LogP contribution is 2.20. The van der Waals surface area contributed by atoms with Crippen molar-refractivity contribution in [3.05, 3.63) is 65.2 Å². The highest BCUT2D eigenvalue weighted by molar-refractivity contribution is 7.89. The van der Waals surface area contributed by atoms with Gasteiger partial charge in [-0.25, -0.2) is 13.1 Å². The van der Waals surface area contributed by atoms with E-state index < -0.39 is 10.0 Å². The Kier molecular flexibility index (Phi) is 5.94. The molecule has 3 rings (SSSR count). The van der Waals surface area contributed by atoms with Crippen LogP contribution in [0.3, 0.4) is 0 Å². The fourth-order valence-corrected chi connectivity index (χ4v) is 4.50. The van der Waals surface area contributed by atoms with Gasteiger partial charge in [0, 0.05) is 31.7 Å². The second kappa shape index (κ2) is 8.21. The van der Waals surface area contributed by atoms with E-state index in [4.69, 9.17) is 0 Å². The summed E-state index contributed by atoms with van der Waals surface area (Å²) in [5.74, 6) is -0.164. The molecule has 0 saturated carbocycles. The minimum Gasteiger partial charge on any atom is -0.337 e. The maximum Gasteiger partial charge on any atom is 0.253 e. The number of amides is 1. The van der Waals surface area contributed by atoms with Crippen molar-refractivity contribution in [3.8, 4) is 0 Å². The van der Waals surface area contributed by atoms with Crippen molar-refractivity contribution >= 4 is 15.9 Å². The summed E-state index contributed by atoms with van der Waals surface area (Å²) in [6.07, 6.45) is 0.901. The molecular weight excluding hydrogens is 362 g/mol. The SMILES string of the molecule is Cc1ccc(C(=O)N(C)C2CCNC2)cc1S(=O)(=O)NCc1ccccc1. The van der Waals surface area contributed by atoms with Crippen LogP contribution in [0.4, 0.5) is 0 Å². The first-order valence-corrected chi connectivity index (χ1v) is 10.5. The van der Waals surface area contributed by atoms with Crippen LogP contribution < -0.4 is 10.0 Å². The monoisotopic (exact) mass is 387 g/mol. The Labute approximate surface area is 160 Å². The van der Waals surface area contributed by atoms with Gasteiger partial charge in [0.25, 0.3) is 5.91 Å². The minimum absolute atomic E-state index is 0.134. The van der Waals surface area contributed by atoms with E-state index in [9.17, 15) is 13.2 Å². The first kappa shape index (κ1) is 19.5. The van der Waals surface area contributed by atoms with Crippen molar-refractivity contribution in [1.29, 1.82) is 0 Å². The van der Waals surface area contributed by atoms with Gasteiger partial charge in [-0.1, -0.05) is 36.4 Å². The van der Waals surface area contributed by atoms with Crippen LogP contribution in [0.25, 0.3) is 0 Å². The van der Waals surface area contributed by atoms with Gasteiger partial charge in [-0.05, 0) is 43.1 Å². The third-order valence-corrected chi connectivity index (χ3v) is 6.48. The Morgan fingerprint density at radius 1 is 1.22 bits per heavy atom. The molecule has 1 unspecified atom stereocenters. The van der Waals surface area contributed by atoms with Crippen molar-refractivity contribution in [2.75, 3.05) is 20.1 Å². The van der Waals surface area contributed by atoms with Gasteiger partial charge < -0.3 is 10.2 Å². The summed E-state index contributed by atoms with van der Waals surface area (Å²) in [6, 6.07) is 14.3. The predicted octanol–water partition coefficient (Wildman–Crippen LogP) is 1.91. The Balaban J connectivity index is 1.80. The molecule has 1 aliphatic heterocycles. The molecule has 0 radical (unpaired) electrons. The van der Waals surface area contributed by atoms with Gasteiger partial charge in [0.2, 0.25) is 10.0 Å². The van der Waals surface area contributed by atoms with Gasteiger partial charge in [0.1, 0.15) is 0 Å². The van der Waals surface area contributed by atoms with Crippen molar-refractivity contribution in [2.45, 2.75) is 30.8 Å². The second-order valence-corrected chi connectivity index (χ2v) is 8.59. The third-order valence-electron chi connectivity index (χ3n) is 4.94. The molecule has 2 aromatic carbocycles. The number of sulfonamides is 1. The molecule has 7 heteroatoms. The molecule has 1 fully saturated rings. The lowest BCUT2D eigenvalue weighted by Crippen LogP contribution is -2.38. The highest BCUT2D eigenvalue weighted by atomic mass is 32.2. The summed E-state index contributed by atoms with van der Waals surface area (Å²) >= 11 is 0. The zero-order valence-electron chi connectivity index (χ0n) is 15.6. The molecule has 2 aromatic rings. The number of aryl methyl sites for hydroxylation is 1. The van der Waals surface area contributed by atoms with Gasteiger partial charge in [-0.3, -0.25) is 4.79 Å². The largest absolute Gasteiger partial charge is 0.337 e. The van der Waals surface area contributed by atoms with Crippen LogP contribution >= 0.6 is 0 Å². The van der Waals surface area contributed by atoms with Gasteiger partial charge >= 0.3 is 0 Å². The van der Waals surface area contributed by atoms with E-state index in [1.165, 1.54) is 6.07 Å². The fourth-order valence-electron chi connectivity index (χ4n) is 3.21. The molecule has 0 bridgehead atoms. The zero-order valence-corrected chi connectivity index (χ0v) is 16.4. The number of rotatable bonds is 6. The molecule has 6 nitrogen and oxygen atoms in total. The van der Waals surface area contributed by atoms with Crippen molar-refractivity contribution < 1.29 is 13.2 Å². The van der Waals surface area contributed by atoms with Gasteiger partial charge in [-0.15, -0.1) is 0 Å². The number of carbonyl (C=O) groups excluding carboxylic acids is 1. The molecule has 27 heavy (non-hydrogen) atoms. The van der Waals surface area contributed by atoms with Crippen LogP contribution in [-0.4, -0.2) is 45.4 Å². The van der Waals surface area contributed by atoms with Crippen LogP contribution in [0.1, 0.15) is 27.9 Å². The summed E-state index contributed by atoms with van der Waals surface area (Å²) < 4.78 is 28.2. The van der Waals surface area contributed by atoms with Crippen LogP contribution in [0.15, 0.2) is 53.4 Å². The number of nitrogens with one attached hydrogen (secondary N) is 2. The van der Waals surface area contributed by atoms with Crippen LogP contribution in [0.2, 0.25) is 0 Å². The maximum atomic E-state index is 12.8. The first-order chi connectivity index (χ1) is 12.9. The van der Waals surface area contributed by atoms with E-state index in [1.807, 2.05) is 30.3 Å². The molecule has 1 amide bonds. The van der Waals surface area contributed by atoms with E-state index in [2.05, 4.69) is 10.0 Å². The number of carbonyl (C=O) groups is 1. The molecule has 1 atom stereocenters. The van der Waals surface area contributed by atoms with Crippen molar-refractivity contribution in [1.82, 2.24) is 14.9 Å². The maximum absolute atomic E-state index is 12.8. The van der Waals surface area contributed by atoms with E-state index in [0.717, 1.165) is 25.1 Å². The highest BCUT2D eigenvalue weighted by Gasteiger charge is 2.25. The molecule has 1 heterocycles. The van der Waals surface area contributed by atoms with E-state index in [0.29, 0.717) is 11.1 Å². The van der Waals surface area contributed by atoms with Crippen LogP contribution in [0.5, 0.6) is 0 Å². The summed E-state index contributed by atoms with van der Waals surface area (Å²) in [7, 11) is -1.96. The number of benzene rings is 2. The molecule has 0 aliphatic carbocycles. The smallest absolute Gasteiger partial charge is 0.253 e. The van der Waals surface area contributed by atoms with E-state index in [-0.39, 0.29) is 23.4 Å². The normalized spacial score (nSPS) is 17.0. The first-order valence-electron chi connectivity index (χ1n) is 9.00. The molecule has 0 spiro atoms. The van der Waals surface area contributed by atoms with E-state index >= 15 is 0 Å². The summed E-state index contributed by atoms with van der Waals surface area (Å²) in [5.41, 5.74) is 1.87. The number of hydrogen-bond acceptors (Lipinski definition) is 4.